The molecule has 0 bridgehead atoms. The van der Waals surface area contributed by atoms with Crippen LogP contribution in [-0.4, -0.2) is 43.0 Å². The Balaban J connectivity index is 1.10. The lowest BCUT2D eigenvalue weighted by Gasteiger charge is -2.43. The van der Waals surface area contributed by atoms with Gasteiger partial charge in [0.1, 0.15) is 5.82 Å². The van der Waals surface area contributed by atoms with Gasteiger partial charge in [-0.3, -0.25) is 4.57 Å². The third-order valence-corrected chi connectivity index (χ3v) is 13.4. The van der Waals surface area contributed by atoms with Crippen molar-refractivity contribution in [1.82, 2.24) is 29.0 Å². The van der Waals surface area contributed by atoms with Crippen molar-refractivity contribution in [1.29, 1.82) is 0 Å². The van der Waals surface area contributed by atoms with E-state index in [1.807, 2.05) is 18.6 Å². The maximum absolute atomic E-state index is 5.07. The SMILES string of the molecule is CC(C)c1cccc(C(C)C)c1-n1ccnc1-c1ncc(C(C)(C)C(C)(C)c2ccc3c(c2)-c2nccn2B(c2c(-c4ccccc4)cccc2-c2ccccc2)N3C)[nH]1. The summed E-state index contributed by atoms with van der Waals surface area (Å²) < 4.78 is 4.58. The van der Waals surface area contributed by atoms with Crippen molar-refractivity contribution in [3.05, 3.63) is 169 Å². The zero-order valence-electron chi connectivity index (χ0n) is 36.3. The van der Waals surface area contributed by atoms with Crippen LogP contribution < -0.4 is 10.3 Å². The van der Waals surface area contributed by atoms with E-state index in [2.05, 4.69) is 209 Å². The van der Waals surface area contributed by atoms with Gasteiger partial charge in [-0.15, -0.1) is 0 Å². The fourth-order valence-electron chi connectivity index (χ4n) is 9.26. The summed E-state index contributed by atoms with van der Waals surface area (Å²) in [5.41, 5.74) is 13.7. The maximum atomic E-state index is 5.07. The Bertz CT molecular complexity index is 2720. The monoisotopic (exact) mass is 787 g/mol. The fraction of sp³-hybridized carbons (Fsp3) is 0.250. The van der Waals surface area contributed by atoms with Crippen molar-refractivity contribution in [2.24, 2.45) is 0 Å². The highest BCUT2D eigenvalue weighted by Gasteiger charge is 2.44. The van der Waals surface area contributed by atoms with Crippen molar-refractivity contribution in [2.75, 3.05) is 11.9 Å². The molecule has 0 saturated heterocycles. The van der Waals surface area contributed by atoms with Gasteiger partial charge in [0.25, 0.3) is 0 Å². The molecule has 60 heavy (non-hydrogen) atoms. The molecule has 0 fully saturated rings. The normalized spacial score (nSPS) is 13.0. The van der Waals surface area contributed by atoms with Crippen LogP contribution in [0.1, 0.15) is 89.6 Å². The molecule has 300 valence electrons. The molecule has 9 rings (SSSR count). The van der Waals surface area contributed by atoms with Gasteiger partial charge < -0.3 is 14.3 Å². The number of anilines is 1. The average molecular weight is 788 g/mol. The number of nitrogens with one attached hydrogen (secondary N) is 1. The van der Waals surface area contributed by atoms with E-state index in [9.17, 15) is 0 Å². The summed E-state index contributed by atoms with van der Waals surface area (Å²) in [6.45, 7) is 18.2. The summed E-state index contributed by atoms with van der Waals surface area (Å²) in [5, 5.41) is 0. The smallest absolute Gasteiger partial charge is 0.394 e. The molecular weight excluding hydrogens is 733 g/mol. The van der Waals surface area contributed by atoms with Crippen LogP contribution in [0.2, 0.25) is 0 Å². The first-order valence-corrected chi connectivity index (χ1v) is 21.2. The molecule has 5 aromatic carbocycles. The van der Waals surface area contributed by atoms with Crippen LogP contribution in [0.15, 0.2) is 146 Å². The standard InChI is InChI=1S/C52H54BN7/c1-34(2)39-22-16-23-40(35(3)4)47(39)59-30-28-55-50(59)48-56-33-45(57-48)52(7,8)51(5,6)38-26-27-44-43(32-38)49-54-29-31-60(49)53(58(44)9)46-41(36-18-12-10-13-19-36)24-17-25-42(46)37-20-14-11-15-21-37/h10-35H,1-9H3,(H,56,57). The van der Waals surface area contributed by atoms with Gasteiger partial charge in [0.05, 0.1) is 5.69 Å². The Morgan fingerprint density at radius 3 is 1.80 bits per heavy atom. The van der Waals surface area contributed by atoms with Crippen LogP contribution in [0.25, 0.3) is 51.0 Å². The van der Waals surface area contributed by atoms with Crippen molar-refractivity contribution in [3.8, 4) is 51.0 Å². The number of imidazole rings is 3. The molecule has 8 heteroatoms. The van der Waals surface area contributed by atoms with Crippen molar-refractivity contribution < 1.29 is 0 Å². The molecule has 8 aromatic rings. The van der Waals surface area contributed by atoms with Crippen LogP contribution in [-0.2, 0) is 10.8 Å². The molecule has 0 spiro atoms. The van der Waals surface area contributed by atoms with Gasteiger partial charge in [-0.25, -0.2) is 15.0 Å². The number of para-hydroxylation sites is 1. The minimum Gasteiger partial charge on any atom is -0.394 e. The van der Waals surface area contributed by atoms with Crippen LogP contribution in [0, 0.1) is 0 Å². The Kier molecular flexibility index (Phi) is 9.77. The molecule has 1 aliphatic heterocycles. The van der Waals surface area contributed by atoms with E-state index in [0.29, 0.717) is 11.8 Å². The van der Waals surface area contributed by atoms with Crippen molar-refractivity contribution >= 4 is 18.1 Å². The van der Waals surface area contributed by atoms with E-state index in [1.165, 1.54) is 50.1 Å². The van der Waals surface area contributed by atoms with Gasteiger partial charge in [-0.1, -0.05) is 159 Å². The Labute approximate surface area is 355 Å². The van der Waals surface area contributed by atoms with E-state index >= 15 is 0 Å². The lowest BCUT2D eigenvalue weighted by atomic mass is 9.58. The second-order valence-corrected chi connectivity index (χ2v) is 18.0. The average Bonchev–Trinajstić information content (AvgIpc) is 4.06. The molecule has 1 N–H and O–H groups in total. The highest BCUT2D eigenvalue weighted by molar-refractivity contribution is 6.78. The number of aromatic amines is 1. The molecular formula is C52H54BN7. The Morgan fingerprint density at radius 1 is 0.600 bits per heavy atom. The van der Waals surface area contributed by atoms with Gasteiger partial charge in [0.15, 0.2) is 11.6 Å². The van der Waals surface area contributed by atoms with Crippen molar-refractivity contribution in [3.63, 3.8) is 0 Å². The number of nitrogens with zero attached hydrogens (tertiary/aromatic N) is 6. The summed E-state index contributed by atoms with van der Waals surface area (Å²) in [7, 11) is 2.22. The highest BCUT2D eigenvalue weighted by Crippen LogP contribution is 2.47. The first kappa shape index (κ1) is 39.1. The molecule has 7 nitrogen and oxygen atoms in total. The Hall–Kier alpha value is -6.41. The topological polar surface area (TPSA) is 67.6 Å². The molecule has 1 aliphatic rings. The largest absolute Gasteiger partial charge is 0.417 e. The van der Waals surface area contributed by atoms with E-state index in [1.54, 1.807) is 0 Å². The number of rotatable bonds is 10. The van der Waals surface area contributed by atoms with Crippen LogP contribution >= 0.6 is 0 Å². The first-order chi connectivity index (χ1) is 28.9. The predicted octanol–water partition coefficient (Wildman–Crippen LogP) is 11.7. The molecule has 4 heterocycles. The Morgan fingerprint density at radius 2 is 1.18 bits per heavy atom. The third-order valence-electron chi connectivity index (χ3n) is 13.4. The second-order valence-electron chi connectivity index (χ2n) is 18.0. The van der Waals surface area contributed by atoms with E-state index in [0.717, 1.165) is 34.4 Å². The molecule has 0 amide bonds. The van der Waals surface area contributed by atoms with E-state index in [4.69, 9.17) is 15.0 Å². The van der Waals surface area contributed by atoms with Crippen LogP contribution in [0.5, 0.6) is 0 Å². The van der Waals surface area contributed by atoms with E-state index in [-0.39, 0.29) is 17.8 Å². The van der Waals surface area contributed by atoms with Crippen LogP contribution in [0.4, 0.5) is 5.69 Å². The van der Waals surface area contributed by atoms with Crippen molar-refractivity contribution in [2.45, 2.75) is 78.1 Å². The number of hydrogen-bond donors (Lipinski definition) is 1. The number of hydrogen-bond acceptors (Lipinski definition) is 4. The number of benzene rings is 5. The zero-order chi connectivity index (χ0) is 41.9. The predicted molar refractivity (Wildman–Crippen MR) is 250 cm³/mol. The second kappa shape index (κ2) is 15.0. The molecule has 3 aromatic heterocycles. The summed E-state index contributed by atoms with van der Waals surface area (Å²) in [6, 6.07) is 41.8. The van der Waals surface area contributed by atoms with Gasteiger partial charge in [-0.05, 0) is 75.4 Å². The molecule has 0 aliphatic carbocycles. The van der Waals surface area contributed by atoms with Gasteiger partial charge in [0, 0.05) is 58.8 Å². The molecule has 0 radical (unpaired) electrons. The van der Waals surface area contributed by atoms with Crippen LogP contribution in [0.3, 0.4) is 0 Å². The molecule has 0 atom stereocenters. The minimum absolute atomic E-state index is 0.128. The summed E-state index contributed by atoms with van der Waals surface area (Å²) in [4.78, 5) is 21.1. The fourth-order valence-corrected chi connectivity index (χ4v) is 9.26. The number of aromatic nitrogens is 6. The number of fused-ring (bicyclic) bond motifs is 3. The zero-order valence-corrected chi connectivity index (χ0v) is 36.3. The maximum Gasteiger partial charge on any atom is 0.417 e. The minimum atomic E-state index is -0.347. The highest BCUT2D eigenvalue weighted by atomic mass is 15.2. The summed E-state index contributed by atoms with van der Waals surface area (Å²) in [5.74, 6) is 3.25. The summed E-state index contributed by atoms with van der Waals surface area (Å²) >= 11 is 0. The third kappa shape index (κ3) is 6.32. The van der Waals surface area contributed by atoms with Gasteiger partial charge in [0.2, 0.25) is 0 Å². The quantitative estimate of drug-likeness (QED) is 0.140. The lowest BCUT2D eigenvalue weighted by Crippen LogP contribution is -2.55. The van der Waals surface area contributed by atoms with Gasteiger partial charge in [-0.2, -0.15) is 0 Å². The number of H-pyrrole nitrogens is 1. The summed E-state index contributed by atoms with van der Waals surface area (Å²) in [6.07, 6.45) is 10.0. The molecule has 0 saturated carbocycles. The molecule has 0 unspecified atom stereocenters. The lowest BCUT2D eigenvalue weighted by molar-refractivity contribution is 0.296. The van der Waals surface area contributed by atoms with E-state index < -0.39 is 0 Å². The van der Waals surface area contributed by atoms with Gasteiger partial charge >= 0.3 is 6.98 Å². The first-order valence-electron chi connectivity index (χ1n) is 21.2.